The Morgan fingerprint density at radius 1 is 1.00 bits per heavy atom. The van der Waals surface area contributed by atoms with Gasteiger partial charge in [-0.3, -0.25) is 4.79 Å². The molecule has 1 aliphatic rings. The summed E-state index contributed by atoms with van der Waals surface area (Å²) in [6, 6.07) is 17.6. The maximum atomic E-state index is 12.7. The van der Waals surface area contributed by atoms with Gasteiger partial charge in [0.1, 0.15) is 5.41 Å². The summed E-state index contributed by atoms with van der Waals surface area (Å²) in [6.07, 6.45) is 1.20. The molecule has 0 fully saturated rings. The summed E-state index contributed by atoms with van der Waals surface area (Å²) in [5.41, 5.74) is 2.18. The molecule has 3 rings (SSSR count). The van der Waals surface area contributed by atoms with E-state index in [1.807, 2.05) is 54.6 Å². The SMILES string of the molecule is O=C1Nc2ccccc2C1(CCCO)c1ccccc1. The Kier molecular flexibility index (Phi) is 3.28. The third kappa shape index (κ3) is 1.82. The number of carbonyl (C=O) groups is 1. The van der Waals surface area contributed by atoms with Crippen molar-refractivity contribution < 1.29 is 9.90 Å². The number of rotatable bonds is 4. The number of nitrogens with one attached hydrogen (secondary N) is 1. The molecule has 2 aromatic carbocycles. The molecular weight excluding hydrogens is 250 g/mol. The Bertz CT molecular complexity index is 624. The van der Waals surface area contributed by atoms with Crippen LogP contribution in [0.3, 0.4) is 0 Å². The first-order chi connectivity index (χ1) is 9.79. The number of hydrogen-bond acceptors (Lipinski definition) is 2. The summed E-state index contributed by atoms with van der Waals surface area (Å²) in [4.78, 5) is 12.7. The molecule has 3 heteroatoms. The van der Waals surface area contributed by atoms with Crippen LogP contribution in [0.2, 0.25) is 0 Å². The van der Waals surface area contributed by atoms with Crippen molar-refractivity contribution in [2.24, 2.45) is 0 Å². The fraction of sp³-hybridized carbons (Fsp3) is 0.235. The largest absolute Gasteiger partial charge is 0.396 e. The van der Waals surface area contributed by atoms with E-state index in [4.69, 9.17) is 0 Å². The van der Waals surface area contributed by atoms with Crippen molar-refractivity contribution in [3.63, 3.8) is 0 Å². The number of aliphatic hydroxyl groups is 1. The predicted octanol–water partition coefficient (Wildman–Crippen LogP) is 2.70. The summed E-state index contributed by atoms with van der Waals surface area (Å²) in [6.45, 7) is 0.0873. The van der Waals surface area contributed by atoms with Crippen LogP contribution in [0.4, 0.5) is 5.69 Å². The minimum atomic E-state index is -0.680. The molecule has 1 heterocycles. The fourth-order valence-corrected chi connectivity index (χ4v) is 3.06. The van der Waals surface area contributed by atoms with Gasteiger partial charge >= 0.3 is 0 Å². The Labute approximate surface area is 118 Å². The van der Waals surface area contributed by atoms with E-state index in [9.17, 15) is 9.90 Å². The quantitative estimate of drug-likeness (QED) is 0.894. The van der Waals surface area contributed by atoms with Gasteiger partial charge in [0.2, 0.25) is 5.91 Å². The maximum Gasteiger partial charge on any atom is 0.239 e. The average Bonchev–Trinajstić information content (AvgIpc) is 2.79. The molecule has 0 radical (unpaired) electrons. The molecule has 0 aromatic heterocycles. The highest BCUT2D eigenvalue weighted by atomic mass is 16.3. The van der Waals surface area contributed by atoms with E-state index in [2.05, 4.69) is 5.32 Å². The summed E-state index contributed by atoms with van der Waals surface area (Å²) in [5, 5.41) is 12.2. The number of carbonyl (C=O) groups excluding carboxylic acids is 1. The molecule has 0 saturated heterocycles. The van der Waals surface area contributed by atoms with Gasteiger partial charge in [-0.15, -0.1) is 0 Å². The molecule has 3 nitrogen and oxygen atoms in total. The number of anilines is 1. The fourth-order valence-electron chi connectivity index (χ4n) is 3.06. The molecule has 1 aliphatic heterocycles. The highest BCUT2D eigenvalue weighted by Crippen LogP contribution is 2.45. The van der Waals surface area contributed by atoms with Crippen LogP contribution >= 0.6 is 0 Å². The molecule has 0 spiro atoms. The lowest BCUT2D eigenvalue weighted by molar-refractivity contribution is -0.119. The Balaban J connectivity index is 2.18. The van der Waals surface area contributed by atoms with Crippen molar-refractivity contribution in [3.05, 3.63) is 65.7 Å². The molecule has 2 N–H and O–H groups in total. The van der Waals surface area contributed by atoms with Gasteiger partial charge in [-0.25, -0.2) is 0 Å². The highest BCUT2D eigenvalue weighted by Gasteiger charge is 2.47. The number of fused-ring (bicyclic) bond motifs is 1. The molecule has 0 aliphatic carbocycles. The number of hydrogen-bond donors (Lipinski definition) is 2. The Morgan fingerprint density at radius 3 is 2.45 bits per heavy atom. The molecule has 1 atom stereocenters. The molecule has 20 heavy (non-hydrogen) atoms. The maximum absolute atomic E-state index is 12.7. The van der Waals surface area contributed by atoms with Crippen LogP contribution in [0, 0.1) is 0 Å². The highest BCUT2D eigenvalue weighted by molar-refractivity contribution is 6.08. The van der Waals surface area contributed by atoms with Crippen molar-refractivity contribution >= 4 is 11.6 Å². The van der Waals surface area contributed by atoms with Gasteiger partial charge in [0.25, 0.3) is 0 Å². The van der Waals surface area contributed by atoms with Gasteiger partial charge in [0.15, 0.2) is 0 Å². The number of aliphatic hydroxyl groups excluding tert-OH is 1. The number of benzene rings is 2. The van der Waals surface area contributed by atoms with Crippen LogP contribution in [-0.2, 0) is 10.2 Å². The third-order valence-electron chi connectivity index (χ3n) is 4.00. The predicted molar refractivity (Wildman–Crippen MR) is 78.6 cm³/mol. The first-order valence-electron chi connectivity index (χ1n) is 6.86. The Morgan fingerprint density at radius 2 is 1.70 bits per heavy atom. The summed E-state index contributed by atoms with van der Waals surface area (Å²) in [5.74, 6) is -0.00153. The van der Waals surface area contributed by atoms with Gasteiger partial charge in [0.05, 0.1) is 0 Å². The third-order valence-corrected chi connectivity index (χ3v) is 4.00. The van der Waals surface area contributed by atoms with Crippen LogP contribution in [0.5, 0.6) is 0 Å². The number of amides is 1. The van der Waals surface area contributed by atoms with Crippen LogP contribution in [0.1, 0.15) is 24.0 Å². The van der Waals surface area contributed by atoms with Crippen molar-refractivity contribution in [2.75, 3.05) is 11.9 Å². The lowest BCUT2D eigenvalue weighted by Gasteiger charge is -2.28. The van der Waals surface area contributed by atoms with E-state index in [0.29, 0.717) is 12.8 Å². The van der Waals surface area contributed by atoms with Crippen LogP contribution in [0.25, 0.3) is 0 Å². The first-order valence-corrected chi connectivity index (χ1v) is 6.86. The monoisotopic (exact) mass is 267 g/mol. The molecule has 1 unspecified atom stereocenters. The Hall–Kier alpha value is -2.13. The van der Waals surface area contributed by atoms with Crippen molar-refractivity contribution in [1.82, 2.24) is 0 Å². The van der Waals surface area contributed by atoms with Crippen LogP contribution in [-0.4, -0.2) is 17.6 Å². The smallest absolute Gasteiger partial charge is 0.239 e. The van der Waals surface area contributed by atoms with E-state index in [0.717, 1.165) is 16.8 Å². The second kappa shape index (κ2) is 5.10. The van der Waals surface area contributed by atoms with Gasteiger partial charge in [0, 0.05) is 12.3 Å². The lowest BCUT2D eigenvalue weighted by Crippen LogP contribution is -2.36. The van der Waals surface area contributed by atoms with Gasteiger partial charge in [-0.1, -0.05) is 48.5 Å². The second-order valence-corrected chi connectivity index (χ2v) is 5.10. The minimum absolute atomic E-state index is 0.00153. The van der Waals surface area contributed by atoms with E-state index < -0.39 is 5.41 Å². The van der Waals surface area contributed by atoms with Gasteiger partial charge < -0.3 is 10.4 Å². The molecule has 102 valence electrons. The van der Waals surface area contributed by atoms with Gasteiger partial charge in [-0.2, -0.15) is 0 Å². The van der Waals surface area contributed by atoms with E-state index in [1.165, 1.54) is 0 Å². The van der Waals surface area contributed by atoms with Crippen LogP contribution < -0.4 is 5.32 Å². The molecule has 0 bridgehead atoms. The van der Waals surface area contributed by atoms with Crippen molar-refractivity contribution in [2.45, 2.75) is 18.3 Å². The van der Waals surface area contributed by atoms with E-state index >= 15 is 0 Å². The standard InChI is InChI=1S/C17H17NO2/c19-12-6-11-17(13-7-2-1-3-8-13)14-9-4-5-10-15(14)18-16(17)20/h1-5,7-10,19H,6,11-12H2,(H,18,20). The normalized spacial score (nSPS) is 20.6. The first kappa shape index (κ1) is 12.9. The topological polar surface area (TPSA) is 49.3 Å². The molecular formula is C17H17NO2. The van der Waals surface area contributed by atoms with Crippen molar-refractivity contribution in [1.29, 1.82) is 0 Å². The van der Waals surface area contributed by atoms with Crippen molar-refractivity contribution in [3.8, 4) is 0 Å². The molecule has 1 amide bonds. The van der Waals surface area contributed by atoms with E-state index in [-0.39, 0.29) is 12.5 Å². The average molecular weight is 267 g/mol. The minimum Gasteiger partial charge on any atom is -0.396 e. The zero-order valence-corrected chi connectivity index (χ0v) is 11.2. The van der Waals surface area contributed by atoms with Gasteiger partial charge in [-0.05, 0) is 30.0 Å². The molecule has 0 saturated carbocycles. The van der Waals surface area contributed by atoms with Crippen LogP contribution in [0.15, 0.2) is 54.6 Å². The zero-order chi connectivity index (χ0) is 14.0. The molecule has 2 aromatic rings. The summed E-state index contributed by atoms with van der Waals surface area (Å²) in [7, 11) is 0. The summed E-state index contributed by atoms with van der Waals surface area (Å²) < 4.78 is 0. The van der Waals surface area contributed by atoms with E-state index in [1.54, 1.807) is 0 Å². The lowest BCUT2D eigenvalue weighted by atomic mass is 9.72. The number of para-hydroxylation sites is 1. The summed E-state index contributed by atoms with van der Waals surface area (Å²) >= 11 is 0. The zero-order valence-electron chi connectivity index (χ0n) is 11.2. The second-order valence-electron chi connectivity index (χ2n) is 5.10.